The Labute approximate surface area is 80.2 Å². The van der Waals surface area contributed by atoms with Crippen molar-refractivity contribution in [2.24, 2.45) is 0 Å². The molecular formula is C8H11NO3S. The van der Waals surface area contributed by atoms with E-state index in [1.807, 2.05) is 0 Å². The van der Waals surface area contributed by atoms with E-state index in [1.54, 1.807) is 18.6 Å². The molecule has 1 atom stereocenters. The summed E-state index contributed by atoms with van der Waals surface area (Å²) in [6.45, 7) is 2.00. The highest BCUT2D eigenvalue weighted by molar-refractivity contribution is 7.09. The largest absolute Gasteiger partial charge is 0.464 e. The van der Waals surface area contributed by atoms with Crippen molar-refractivity contribution in [2.45, 2.75) is 19.4 Å². The van der Waals surface area contributed by atoms with E-state index in [0.717, 1.165) is 4.88 Å². The first-order valence-electron chi connectivity index (χ1n) is 3.96. The number of hydrogen-bond donors (Lipinski definition) is 1. The van der Waals surface area contributed by atoms with Crippen molar-refractivity contribution in [2.75, 3.05) is 6.61 Å². The van der Waals surface area contributed by atoms with E-state index in [4.69, 9.17) is 0 Å². The lowest BCUT2D eigenvalue weighted by atomic mass is 10.2. The minimum absolute atomic E-state index is 0.281. The molecule has 1 heterocycles. The van der Waals surface area contributed by atoms with Crippen molar-refractivity contribution in [1.29, 1.82) is 0 Å². The number of carbonyl (C=O) groups is 1. The molecule has 1 aromatic rings. The average Bonchev–Trinajstić information content (AvgIpc) is 2.57. The van der Waals surface area contributed by atoms with Gasteiger partial charge in [0, 0.05) is 17.5 Å². The zero-order chi connectivity index (χ0) is 9.68. The predicted molar refractivity (Wildman–Crippen MR) is 48.5 cm³/mol. The number of rotatable bonds is 4. The van der Waals surface area contributed by atoms with Crippen molar-refractivity contribution in [3.8, 4) is 0 Å². The Morgan fingerprint density at radius 2 is 2.62 bits per heavy atom. The molecule has 0 aliphatic rings. The third kappa shape index (κ3) is 3.12. The molecule has 0 aromatic carbocycles. The minimum atomic E-state index is -1.07. The molecule has 0 amide bonds. The van der Waals surface area contributed by atoms with Crippen LogP contribution in [0.1, 0.15) is 11.8 Å². The van der Waals surface area contributed by atoms with Crippen LogP contribution in [0.3, 0.4) is 0 Å². The summed E-state index contributed by atoms with van der Waals surface area (Å²) in [7, 11) is 0. The van der Waals surface area contributed by atoms with E-state index in [1.165, 1.54) is 11.3 Å². The molecule has 0 bridgehead atoms. The second-order valence-corrected chi connectivity index (χ2v) is 3.41. The van der Waals surface area contributed by atoms with Crippen molar-refractivity contribution in [3.63, 3.8) is 0 Å². The van der Waals surface area contributed by atoms with Gasteiger partial charge in [0.1, 0.15) is 0 Å². The van der Waals surface area contributed by atoms with Gasteiger partial charge in [-0.1, -0.05) is 0 Å². The van der Waals surface area contributed by atoms with E-state index in [-0.39, 0.29) is 6.42 Å². The molecule has 0 aliphatic heterocycles. The number of hydrogen-bond acceptors (Lipinski definition) is 5. The van der Waals surface area contributed by atoms with E-state index >= 15 is 0 Å². The lowest BCUT2D eigenvalue weighted by Crippen LogP contribution is -2.24. The Bertz CT molecular complexity index is 260. The summed E-state index contributed by atoms with van der Waals surface area (Å²) in [5.41, 5.74) is 1.66. The summed E-state index contributed by atoms with van der Waals surface area (Å²) >= 11 is 1.41. The van der Waals surface area contributed by atoms with E-state index in [0.29, 0.717) is 6.61 Å². The lowest BCUT2D eigenvalue weighted by molar-refractivity contribution is -0.152. The average molecular weight is 201 g/mol. The van der Waals surface area contributed by atoms with Gasteiger partial charge in [-0.25, -0.2) is 4.79 Å². The smallest absolute Gasteiger partial charge is 0.335 e. The first kappa shape index (κ1) is 10.1. The fraction of sp³-hybridized carbons (Fsp3) is 0.500. The summed E-state index contributed by atoms with van der Waals surface area (Å²) in [6, 6.07) is 0. The van der Waals surface area contributed by atoms with E-state index < -0.39 is 12.1 Å². The predicted octanol–water partition coefficient (Wildman–Crippen LogP) is 0.610. The van der Waals surface area contributed by atoms with Crippen LogP contribution in [0.4, 0.5) is 0 Å². The molecule has 72 valence electrons. The molecule has 0 fully saturated rings. The fourth-order valence-corrected chi connectivity index (χ4v) is 1.49. The Morgan fingerprint density at radius 3 is 3.15 bits per heavy atom. The number of aromatic nitrogens is 1. The van der Waals surface area contributed by atoms with Crippen LogP contribution in [-0.4, -0.2) is 28.8 Å². The molecular weight excluding hydrogens is 190 g/mol. The Balaban J connectivity index is 2.41. The molecule has 1 unspecified atom stereocenters. The summed E-state index contributed by atoms with van der Waals surface area (Å²) in [5.74, 6) is -0.573. The van der Waals surface area contributed by atoms with Crippen LogP contribution >= 0.6 is 11.3 Å². The fourth-order valence-electron chi connectivity index (χ4n) is 0.855. The first-order valence-corrected chi connectivity index (χ1v) is 4.84. The van der Waals surface area contributed by atoms with Gasteiger partial charge in [0.2, 0.25) is 0 Å². The topological polar surface area (TPSA) is 59.4 Å². The second-order valence-electron chi connectivity index (χ2n) is 2.44. The standard InChI is InChI=1S/C8H11NO3S/c1-2-12-8(11)7(10)3-6-4-9-5-13-6/h4-5,7,10H,2-3H2,1H3. The summed E-state index contributed by atoms with van der Waals surface area (Å²) in [6.07, 6.45) is 0.844. The second kappa shape index (κ2) is 4.94. The van der Waals surface area contributed by atoms with Crippen molar-refractivity contribution < 1.29 is 14.6 Å². The third-order valence-corrected chi connectivity index (χ3v) is 2.24. The normalized spacial score (nSPS) is 12.5. The highest BCUT2D eigenvalue weighted by Gasteiger charge is 2.16. The van der Waals surface area contributed by atoms with Crippen LogP contribution in [0.15, 0.2) is 11.7 Å². The zero-order valence-corrected chi connectivity index (χ0v) is 8.08. The van der Waals surface area contributed by atoms with Crippen LogP contribution in [0.25, 0.3) is 0 Å². The minimum Gasteiger partial charge on any atom is -0.464 e. The van der Waals surface area contributed by atoms with Crippen LogP contribution in [-0.2, 0) is 16.0 Å². The Morgan fingerprint density at radius 1 is 1.85 bits per heavy atom. The highest BCUT2D eigenvalue weighted by Crippen LogP contribution is 2.09. The van der Waals surface area contributed by atoms with Gasteiger partial charge in [-0.15, -0.1) is 11.3 Å². The van der Waals surface area contributed by atoms with Crippen LogP contribution in [0.5, 0.6) is 0 Å². The van der Waals surface area contributed by atoms with Crippen molar-refractivity contribution >= 4 is 17.3 Å². The van der Waals surface area contributed by atoms with Gasteiger partial charge in [-0.05, 0) is 6.92 Å². The molecule has 0 saturated carbocycles. The van der Waals surface area contributed by atoms with Gasteiger partial charge in [0.15, 0.2) is 6.10 Å². The van der Waals surface area contributed by atoms with Gasteiger partial charge in [0.25, 0.3) is 0 Å². The summed E-state index contributed by atoms with van der Waals surface area (Å²) in [5, 5.41) is 9.32. The molecule has 0 aliphatic carbocycles. The quantitative estimate of drug-likeness (QED) is 0.725. The molecule has 0 saturated heterocycles. The van der Waals surface area contributed by atoms with Gasteiger partial charge in [0.05, 0.1) is 12.1 Å². The maximum atomic E-state index is 11.0. The number of thiazole rings is 1. The Hall–Kier alpha value is -0.940. The third-order valence-electron chi connectivity index (χ3n) is 1.44. The Kier molecular flexibility index (Phi) is 3.85. The highest BCUT2D eigenvalue weighted by atomic mass is 32.1. The first-order chi connectivity index (χ1) is 6.24. The zero-order valence-electron chi connectivity index (χ0n) is 7.27. The SMILES string of the molecule is CCOC(=O)C(O)Cc1cncs1. The van der Waals surface area contributed by atoms with Gasteiger partial charge in [-0.3, -0.25) is 4.98 Å². The van der Waals surface area contributed by atoms with Crippen molar-refractivity contribution in [3.05, 3.63) is 16.6 Å². The maximum Gasteiger partial charge on any atom is 0.335 e. The molecule has 1 rings (SSSR count). The van der Waals surface area contributed by atoms with E-state index in [9.17, 15) is 9.90 Å². The van der Waals surface area contributed by atoms with Crippen molar-refractivity contribution in [1.82, 2.24) is 4.98 Å². The number of aliphatic hydroxyl groups is 1. The van der Waals surface area contributed by atoms with Gasteiger partial charge in [-0.2, -0.15) is 0 Å². The molecule has 13 heavy (non-hydrogen) atoms. The van der Waals surface area contributed by atoms with Crippen LogP contribution < -0.4 is 0 Å². The number of aliphatic hydroxyl groups excluding tert-OH is 1. The number of esters is 1. The molecule has 0 spiro atoms. The van der Waals surface area contributed by atoms with Gasteiger partial charge < -0.3 is 9.84 Å². The monoisotopic (exact) mass is 201 g/mol. The maximum absolute atomic E-state index is 11.0. The summed E-state index contributed by atoms with van der Waals surface area (Å²) < 4.78 is 4.65. The lowest BCUT2D eigenvalue weighted by Gasteiger charge is -2.07. The molecule has 4 nitrogen and oxygen atoms in total. The molecule has 5 heteroatoms. The van der Waals surface area contributed by atoms with Crippen LogP contribution in [0, 0.1) is 0 Å². The number of ether oxygens (including phenoxy) is 1. The summed E-state index contributed by atoms with van der Waals surface area (Å²) in [4.78, 5) is 15.7. The molecule has 1 N–H and O–H groups in total. The number of nitrogens with zero attached hydrogens (tertiary/aromatic N) is 1. The number of carbonyl (C=O) groups excluding carboxylic acids is 1. The molecule has 1 aromatic heterocycles. The van der Waals surface area contributed by atoms with Crippen LogP contribution in [0.2, 0.25) is 0 Å². The molecule has 0 radical (unpaired) electrons. The van der Waals surface area contributed by atoms with E-state index in [2.05, 4.69) is 9.72 Å². The van der Waals surface area contributed by atoms with Gasteiger partial charge >= 0.3 is 5.97 Å².